The second-order valence-electron chi connectivity index (χ2n) is 7.53. The molecule has 2 aromatic carbocycles. The van der Waals surface area contributed by atoms with Crippen LogP contribution in [0.3, 0.4) is 0 Å². The number of benzene rings is 2. The van der Waals surface area contributed by atoms with Crippen LogP contribution in [0, 0.1) is 11.7 Å². The summed E-state index contributed by atoms with van der Waals surface area (Å²) >= 11 is 5.60. The maximum Gasteiger partial charge on any atom is 0.199 e. The number of nitrogens with zero attached hydrogens (tertiary/aromatic N) is 6. The molecule has 0 atom stereocenters. The first-order valence-electron chi connectivity index (χ1n) is 10.2. The molecule has 0 aliphatic rings. The fraction of sp³-hybridized carbons (Fsp3) is 0.208. The van der Waals surface area contributed by atoms with E-state index in [1.54, 1.807) is 0 Å². The van der Waals surface area contributed by atoms with E-state index in [4.69, 9.17) is 17.3 Å². The van der Waals surface area contributed by atoms with E-state index in [1.807, 2.05) is 63.3 Å². The van der Waals surface area contributed by atoms with Gasteiger partial charge in [0.15, 0.2) is 4.77 Å². The molecule has 0 spiro atoms. The number of aryl methyl sites for hydroxylation is 1. The van der Waals surface area contributed by atoms with Crippen LogP contribution in [-0.4, -0.2) is 36.1 Å². The maximum atomic E-state index is 5.60. The van der Waals surface area contributed by atoms with E-state index in [0.29, 0.717) is 24.5 Å². The smallest absolute Gasteiger partial charge is 0.199 e. The quantitative estimate of drug-likeness (QED) is 0.296. The Bertz CT molecular complexity index is 1220. The van der Waals surface area contributed by atoms with Crippen molar-refractivity contribution in [2.45, 2.75) is 26.7 Å². The topological polar surface area (TPSA) is 43.8 Å². The predicted octanol–water partition coefficient (Wildman–Crippen LogP) is 4.85. The highest BCUT2D eigenvalue weighted by Gasteiger charge is 2.15. The highest BCUT2D eigenvalue weighted by Crippen LogP contribution is 2.24. The third-order valence-electron chi connectivity index (χ3n) is 5.09. The van der Waals surface area contributed by atoms with Gasteiger partial charge in [-0.1, -0.05) is 54.6 Å². The molecule has 0 radical (unpaired) electrons. The van der Waals surface area contributed by atoms with Crippen LogP contribution in [0.15, 0.2) is 79.5 Å². The van der Waals surface area contributed by atoms with Gasteiger partial charge in [0, 0.05) is 30.4 Å². The van der Waals surface area contributed by atoms with E-state index in [0.717, 1.165) is 28.3 Å². The molecule has 6 nitrogen and oxygen atoms in total. The van der Waals surface area contributed by atoms with Crippen molar-refractivity contribution in [3.05, 3.63) is 95.7 Å². The molecule has 0 N–H and O–H groups in total. The Balaban J connectivity index is 1.63. The fourth-order valence-electron chi connectivity index (χ4n) is 3.63. The summed E-state index contributed by atoms with van der Waals surface area (Å²) in [5, 5.41) is 9.51. The van der Waals surface area contributed by atoms with Crippen LogP contribution in [-0.2, 0) is 19.8 Å². The van der Waals surface area contributed by atoms with Crippen LogP contribution in [0.5, 0.6) is 0 Å². The standard InChI is InChI=1S/C24H26N6S/c1-4-15-28-19(2)25-30(24(28)31)18-27(3)16-21-17-29(22-13-9-6-10-14-22)26-23(21)20-11-7-5-8-12-20/h4-14,17H,1,15-16,18H2,2-3H3. The Kier molecular flexibility index (Phi) is 6.25. The predicted molar refractivity (Wildman–Crippen MR) is 126 cm³/mol. The van der Waals surface area contributed by atoms with Crippen molar-refractivity contribution < 1.29 is 0 Å². The molecule has 2 heterocycles. The monoisotopic (exact) mass is 430 g/mol. The summed E-state index contributed by atoms with van der Waals surface area (Å²) in [6.07, 6.45) is 3.94. The van der Waals surface area contributed by atoms with Gasteiger partial charge in [0.05, 0.1) is 18.1 Å². The minimum Gasteiger partial charge on any atom is -0.300 e. The molecule has 31 heavy (non-hydrogen) atoms. The molecule has 0 aliphatic heterocycles. The number of allylic oxidation sites excluding steroid dienone is 1. The highest BCUT2D eigenvalue weighted by atomic mass is 32.1. The van der Waals surface area contributed by atoms with Crippen molar-refractivity contribution in [1.82, 2.24) is 29.0 Å². The van der Waals surface area contributed by atoms with Gasteiger partial charge in [0.1, 0.15) is 5.82 Å². The molecule has 4 aromatic rings. The first-order chi connectivity index (χ1) is 15.1. The molecule has 7 heteroatoms. The van der Waals surface area contributed by atoms with Gasteiger partial charge in [-0.2, -0.15) is 10.2 Å². The van der Waals surface area contributed by atoms with Crippen LogP contribution in [0.4, 0.5) is 0 Å². The first kappa shape index (κ1) is 21.0. The largest absolute Gasteiger partial charge is 0.300 e. The van der Waals surface area contributed by atoms with Crippen molar-refractivity contribution >= 4 is 12.2 Å². The third-order valence-corrected chi connectivity index (χ3v) is 5.52. The van der Waals surface area contributed by atoms with E-state index in [1.165, 1.54) is 0 Å². The van der Waals surface area contributed by atoms with Gasteiger partial charge < -0.3 is 4.57 Å². The Morgan fingerprint density at radius 3 is 2.39 bits per heavy atom. The van der Waals surface area contributed by atoms with Gasteiger partial charge in [-0.3, -0.25) is 4.90 Å². The molecule has 0 fully saturated rings. The molecule has 4 rings (SSSR count). The van der Waals surface area contributed by atoms with Gasteiger partial charge in [-0.15, -0.1) is 6.58 Å². The van der Waals surface area contributed by atoms with Crippen molar-refractivity contribution in [1.29, 1.82) is 0 Å². The van der Waals surface area contributed by atoms with Gasteiger partial charge in [-0.05, 0) is 38.3 Å². The Labute approximate surface area is 187 Å². The SMILES string of the molecule is C=CCn1c(C)nn(CN(C)Cc2cn(-c3ccccc3)nc2-c2ccccc2)c1=S. The highest BCUT2D eigenvalue weighted by molar-refractivity contribution is 7.71. The van der Waals surface area contributed by atoms with Crippen molar-refractivity contribution in [2.24, 2.45) is 0 Å². The molecule has 0 bridgehead atoms. The van der Waals surface area contributed by atoms with E-state index < -0.39 is 0 Å². The molecule has 2 aromatic heterocycles. The van der Waals surface area contributed by atoms with Crippen LogP contribution in [0.2, 0.25) is 0 Å². The average Bonchev–Trinajstić information content (AvgIpc) is 3.31. The lowest BCUT2D eigenvalue weighted by Gasteiger charge is -2.16. The van der Waals surface area contributed by atoms with Crippen LogP contribution in [0.1, 0.15) is 11.4 Å². The summed E-state index contributed by atoms with van der Waals surface area (Å²) in [5.74, 6) is 0.889. The summed E-state index contributed by atoms with van der Waals surface area (Å²) in [6.45, 7) is 7.74. The van der Waals surface area contributed by atoms with Crippen molar-refractivity contribution in [3.8, 4) is 16.9 Å². The van der Waals surface area contributed by atoms with Crippen LogP contribution < -0.4 is 0 Å². The van der Waals surface area contributed by atoms with Crippen LogP contribution >= 0.6 is 12.2 Å². The van der Waals surface area contributed by atoms with Crippen LogP contribution in [0.25, 0.3) is 16.9 Å². The number of para-hydroxylation sites is 1. The minimum atomic E-state index is 0.592. The van der Waals surface area contributed by atoms with E-state index in [9.17, 15) is 0 Å². The van der Waals surface area contributed by atoms with E-state index >= 15 is 0 Å². The molecule has 0 amide bonds. The molecule has 0 aliphatic carbocycles. The summed E-state index contributed by atoms with van der Waals surface area (Å²) in [7, 11) is 2.07. The minimum absolute atomic E-state index is 0.592. The normalized spacial score (nSPS) is 11.2. The third kappa shape index (κ3) is 4.57. The summed E-state index contributed by atoms with van der Waals surface area (Å²) in [4.78, 5) is 2.19. The second kappa shape index (κ2) is 9.24. The van der Waals surface area contributed by atoms with Crippen molar-refractivity contribution in [2.75, 3.05) is 7.05 Å². The molecule has 0 saturated heterocycles. The summed E-state index contributed by atoms with van der Waals surface area (Å²) in [5.41, 5.74) is 4.26. The Morgan fingerprint density at radius 1 is 1.03 bits per heavy atom. The molecule has 158 valence electrons. The lowest BCUT2D eigenvalue weighted by atomic mass is 10.1. The Morgan fingerprint density at radius 2 is 1.71 bits per heavy atom. The van der Waals surface area contributed by atoms with E-state index in [2.05, 4.69) is 54.1 Å². The zero-order valence-corrected chi connectivity index (χ0v) is 18.7. The van der Waals surface area contributed by atoms with E-state index in [-0.39, 0.29) is 0 Å². The Hall–Kier alpha value is -3.29. The zero-order valence-electron chi connectivity index (χ0n) is 17.8. The molecule has 0 saturated carbocycles. The van der Waals surface area contributed by atoms with Gasteiger partial charge >= 0.3 is 0 Å². The number of rotatable bonds is 8. The number of hydrogen-bond acceptors (Lipinski definition) is 4. The lowest BCUT2D eigenvalue weighted by Crippen LogP contribution is -2.22. The maximum absolute atomic E-state index is 5.60. The molecule has 0 unspecified atom stereocenters. The molecular weight excluding hydrogens is 404 g/mol. The van der Waals surface area contributed by atoms with Gasteiger partial charge in [-0.25, -0.2) is 9.36 Å². The summed E-state index contributed by atoms with van der Waals surface area (Å²) < 4.78 is 6.49. The zero-order chi connectivity index (χ0) is 21.8. The summed E-state index contributed by atoms with van der Waals surface area (Å²) in [6, 6.07) is 20.5. The number of aromatic nitrogens is 5. The first-order valence-corrected chi connectivity index (χ1v) is 10.6. The fourth-order valence-corrected chi connectivity index (χ4v) is 3.93. The molecular formula is C24H26N6S. The average molecular weight is 431 g/mol. The van der Waals surface area contributed by atoms with Crippen molar-refractivity contribution in [3.63, 3.8) is 0 Å². The number of hydrogen-bond donors (Lipinski definition) is 0. The van der Waals surface area contributed by atoms with Gasteiger partial charge in [0.2, 0.25) is 0 Å². The lowest BCUT2D eigenvalue weighted by molar-refractivity contribution is 0.244. The second-order valence-corrected chi connectivity index (χ2v) is 7.90. The van der Waals surface area contributed by atoms with Gasteiger partial charge in [0.25, 0.3) is 0 Å².